The van der Waals surface area contributed by atoms with E-state index in [0.717, 1.165) is 12.1 Å². The fourth-order valence-corrected chi connectivity index (χ4v) is 2.55. The van der Waals surface area contributed by atoms with E-state index in [1.165, 1.54) is 12.3 Å². The number of anilines is 1. The molecule has 0 bridgehead atoms. The Kier molecular flexibility index (Phi) is 4.94. The maximum atomic E-state index is 13.0. The lowest BCUT2D eigenvalue weighted by molar-refractivity contribution is -0.137. The molecule has 0 spiro atoms. The first-order valence-electron chi connectivity index (χ1n) is 7.71. The van der Waals surface area contributed by atoms with Gasteiger partial charge >= 0.3 is 6.18 Å². The van der Waals surface area contributed by atoms with E-state index in [1.807, 2.05) is 20.8 Å². The van der Waals surface area contributed by atoms with Crippen LogP contribution in [-0.4, -0.2) is 15.7 Å². The third kappa shape index (κ3) is 4.19. The molecule has 0 atom stereocenters. The Hall–Kier alpha value is -2.35. The van der Waals surface area contributed by atoms with E-state index < -0.39 is 17.6 Å². The van der Waals surface area contributed by atoms with Gasteiger partial charge in [0, 0.05) is 17.9 Å². The number of aromatic nitrogens is 2. The molecular formula is C17H21F3N4O. The van der Waals surface area contributed by atoms with Crippen LogP contribution in [0.1, 0.15) is 48.0 Å². The zero-order valence-electron chi connectivity index (χ0n) is 14.5. The fourth-order valence-electron chi connectivity index (χ4n) is 2.55. The Morgan fingerprint density at radius 2 is 1.88 bits per heavy atom. The Bertz CT molecular complexity index is 788. The molecule has 0 unspecified atom stereocenters. The number of nitrogens with one attached hydrogen (secondary N) is 1. The first-order chi connectivity index (χ1) is 11.4. The van der Waals surface area contributed by atoms with E-state index in [9.17, 15) is 18.0 Å². The first-order valence-corrected chi connectivity index (χ1v) is 7.71. The SMILES string of the molecule is Cc1c(C(=O)Nc2cc(CN)cc(C(F)(F)F)c2)cnn1C(C)(C)C. The lowest BCUT2D eigenvalue weighted by Gasteiger charge is -2.21. The van der Waals surface area contributed by atoms with Gasteiger partial charge in [0.15, 0.2) is 0 Å². The zero-order valence-corrected chi connectivity index (χ0v) is 14.5. The fraction of sp³-hybridized carbons (Fsp3) is 0.412. The van der Waals surface area contributed by atoms with Crippen LogP contribution in [0.2, 0.25) is 0 Å². The summed E-state index contributed by atoms with van der Waals surface area (Å²) < 4.78 is 40.6. The molecule has 136 valence electrons. The van der Waals surface area contributed by atoms with Gasteiger partial charge in [-0.25, -0.2) is 0 Å². The molecule has 0 aliphatic heterocycles. The molecule has 0 aliphatic rings. The molecule has 0 saturated heterocycles. The number of alkyl halides is 3. The van der Waals surface area contributed by atoms with Crippen molar-refractivity contribution in [1.82, 2.24) is 9.78 Å². The van der Waals surface area contributed by atoms with E-state index in [1.54, 1.807) is 11.6 Å². The molecule has 1 aromatic carbocycles. The topological polar surface area (TPSA) is 72.9 Å². The minimum atomic E-state index is -4.52. The number of hydrogen-bond donors (Lipinski definition) is 2. The van der Waals surface area contributed by atoms with Gasteiger partial charge in [-0.2, -0.15) is 18.3 Å². The molecule has 0 radical (unpaired) electrons. The second kappa shape index (κ2) is 6.51. The Morgan fingerprint density at radius 1 is 1.24 bits per heavy atom. The van der Waals surface area contributed by atoms with Crippen LogP contribution in [0.15, 0.2) is 24.4 Å². The lowest BCUT2D eigenvalue weighted by atomic mass is 10.1. The van der Waals surface area contributed by atoms with Crippen molar-refractivity contribution in [3.05, 3.63) is 46.8 Å². The standard InChI is InChI=1S/C17H21F3N4O/c1-10-14(9-22-24(10)16(2,3)4)15(25)23-13-6-11(8-21)5-12(7-13)17(18,19)20/h5-7,9H,8,21H2,1-4H3,(H,23,25). The average Bonchev–Trinajstić information content (AvgIpc) is 2.87. The third-order valence-corrected chi connectivity index (χ3v) is 3.70. The molecule has 5 nitrogen and oxygen atoms in total. The van der Waals surface area contributed by atoms with E-state index >= 15 is 0 Å². The summed E-state index contributed by atoms with van der Waals surface area (Å²) in [4.78, 5) is 12.5. The maximum absolute atomic E-state index is 13.0. The smallest absolute Gasteiger partial charge is 0.326 e. The highest BCUT2D eigenvalue weighted by molar-refractivity contribution is 6.05. The molecule has 0 aliphatic carbocycles. The van der Waals surface area contributed by atoms with Crippen LogP contribution in [0.25, 0.3) is 0 Å². The number of carbonyl (C=O) groups is 1. The third-order valence-electron chi connectivity index (χ3n) is 3.70. The molecule has 8 heteroatoms. The minimum Gasteiger partial charge on any atom is -0.326 e. The highest BCUT2D eigenvalue weighted by Crippen LogP contribution is 2.32. The predicted molar refractivity (Wildman–Crippen MR) is 89.2 cm³/mol. The van der Waals surface area contributed by atoms with Crippen molar-refractivity contribution in [2.45, 2.75) is 46.0 Å². The van der Waals surface area contributed by atoms with Gasteiger partial charge < -0.3 is 11.1 Å². The van der Waals surface area contributed by atoms with Gasteiger partial charge in [0.05, 0.1) is 22.9 Å². The van der Waals surface area contributed by atoms with Crippen molar-refractivity contribution in [1.29, 1.82) is 0 Å². The van der Waals surface area contributed by atoms with Crippen LogP contribution in [0.3, 0.4) is 0 Å². The van der Waals surface area contributed by atoms with Crippen LogP contribution in [0, 0.1) is 6.92 Å². The van der Waals surface area contributed by atoms with Gasteiger partial charge in [0.2, 0.25) is 0 Å². The normalized spacial score (nSPS) is 12.3. The van der Waals surface area contributed by atoms with Gasteiger partial charge in [-0.1, -0.05) is 0 Å². The summed E-state index contributed by atoms with van der Waals surface area (Å²) >= 11 is 0. The van der Waals surface area contributed by atoms with Crippen LogP contribution in [-0.2, 0) is 18.3 Å². The van der Waals surface area contributed by atoms with Crippen molar-refractivity contribution >= 4 is 11.6 Å². The molecular weight excluding hydrogens is 333 g/mol. The van der Waals surface area contributed by atoms with E-state index in [4.69, 9.17) is 5.73 Å². The molecule has 2 aromatic rings. The largest absolute Gasteiger partial charge is 0.416 e. The number of halogens is 3. The average molecular weight is 354 g/mol. The summed E-state index contributed by atoms with van der Waals surface area (Å²) in [5.74, 6) is -0.518. The molecule has 0 saturated carbocycles. The van der Waals surface area contributed by atoms with Crippen molar-refractivity contribution in [2.75, 3.05) is 5.32 Å². The predicted octanol–water partition coefficient (Wildman–Crippen LogP) is 3.68. The van der Waals surface area contributed by atoms with Gasteiger partial charge in [0.1, 0.15) is 0 Å². The summed E-state index contributed by atoms with van der Waals surface area (Å²) in [5, 5.41) is 6.70. The number of carbonyl (C=O) groups excluding carboxylic acids is 1. The highest BCUT2D eigenvalue weighted by Gasteiger charge is 2.31. The Labute approximate surface area is 144 Å². The van der Waals surface area contributed by atoms with E-state index in [2.05, 4.69) is 10.4 Å². The molecule has 25 heavy (non-hydrogen) atoms. The number of nitrogens with zero attached hydrogens (tertiary/aromatic N) is 2. The van der Waals surface area contributed by atoms with E-state index in [0.29, 0.717) is 11.3 Å². The van der Waals surface area contributed by atoms with Crippen LogP contribution in [0.4, 0.5) is 18.9 Å². The van der Waals surface area contributed by atoms with Crippen LogP contribution >= 0.6 is 0 Å². The summed E-state index contributed by atoms with van der Waals surface area (Å²) in [6.45, 7) is 7.50. The van der Waals surface area contributed by atoms with Gasteiger partial charge in [0.25, 0.3) is 5.91 Å². The molecule has 0 fully saturated rings. The van der Waals surface area contributed by atoms with Gasteiger partial charge in [-0.3, -0.25) is 9.48 Å². The summed E-state index contributed by atoms with van der Waals surface area (Å²) in [7, 11) is 0. The Morgan fingerprint density at radius 3 is 2.36 bits per heavy atom. The van der Waals surface area contributed by atoms with Crippen molar-refractivity contribution in [3.8, 4) is 0 Å². The number of nitrogens with two attached hydrogens (primary N) is 1. The van der Waals surface area contributed by atoms with Crippen molar-refractivity contribution in [3.63, 3.8) is 0 Å². The number of rotatable bonds is 3. The molecule has 1 heterocycles. The number of amides is 1. The number of benzene rings is 1. The first kappa shape index (κ1) is 19.0. The molecule has 2 rings (SSSR count). The lowest BCUT2D eigenvalue weighted by Crippen LogP contribution is -2.25. The van der Waals surface area contributed by atoms with E-state index in [-0.39, 0.29) is 23.3 Å². The van der Waals surface area contributed by atoms with Crippen LogP contribution < -0.4 is 11.1 Å². The zero-order chi connectivity index (χ0) is 19.0. The second-order valence-electron chi connectivity index (χ2n) is 6.80. The second-order valence-corrected chi connectivity index (χ2v) is 6.80. The van der Waals surface area contributed by atoms with Crippen molar-refractivity contribution in [2.24, 2.45) is 5.73 Å². The maximum Gasteiger partial charge on any atom is 0.416 e. The highest BCUT2D eigenvalue weighted by atomic mass is 19.4. The molecule has 1 amide bonds. The summed E-state index contributed by atoms with van der Waals surface area (Å²) in [5.41, 5.74) is 5.56. The molecule has 1 aromatic heterocycles. The van der Waals surface area contributed by atoms with Crippen molar-refractivity contribution < 1.29 is 18.0 Å². The quantitative estimate of drug-likeness (QED) is 0.883. The summed E-state index contributed by atoms with van der Waals surface area (Å²) in [6, 6.07) is 3.29. The Balaban J connectivity index is 2.34. The molecule has 3 N–H and O–H groups in total. The van der Waals surface area contributed by atoms with Gasteiger partial charge in [-0.15, -0.1) is 0 Å². The minimum absolute atomic E-state index is 0.0446. The van der Waals surface area contributed by atoms with Gasteiger partial charge in [-0.05, 0) is 51.5 Å². The monoisotopic (exact) mass is 354 g/mol. The summed E-state index contributed by atoms with van der Waals surface area (Å²) in [6.07, 6.45) is -3.11. The number of hydrogen-bond acceptors (Lipinski definition) is 3. The van der Waals surface area contributed by atoms with Crippen LogP contribution in [0.5, 0.6) is 0 Å².